The molecule has 3 heterocycles. The highest BCUT2D eigenvalue weighted by atomic mass is 16.5. The van der Waals surface area contributed by atoms with Crippen molar-refractivity contribution < 1.29 is 9.53 Å². The predicted octanol–water partition coefficient (Wildman–Crippen LogP) is 2.95. The normalized spacial score (nSPS) is 15.2. The fourth-order valence-electron chi connectivity index (χ4n) is 3.95. The van der Waals surface area contributed by atoms with Gasteiger partial charge in [0.2, 0.25) is 0 Å². The van der Waals surface area contributed by atoms with Crippen molar-refractivity contribution in [3.63, 3.8) is 0 Å². The molecule has 0 atom stereocenters. The van der Waals surface area contributed by atoms with Gasteiger partial charge in [0, 0.05) is 42.4 Å². The maximum Gasteiger partial charge on any atom is 0.168 e. The van der Waals surface area contributed by atoms with Crippen LogP contribution in [0.1, 0.15) is 27.2 Å². The van der Waals surface area contributed by atoms with E-state index in [0.717, 1.165) is 42.1 Å². The molecule has 2 aliphatic rings. The van der Waals surface area contributed by atoms with Crippen molar-refractivity contribution in [2.75, 3.05) is 36.9 Å². The predicted molar refractivity (Wildman–Crippen MR) is 120 cm³/mol. The monoisotopic (exact) mass is 413 g/mol. The highest BCUT2D eigenvalue weighted by Gasteiger charge is 2.22. The van der Waals surface area contributed by atoms with Crippen LogP contribution in [-0.2, 0) is 17.6 Å². The molecule has 1 fully saturated rings. The molecule has 2 aromatic heterocycles. The second-order valence-corrected chi connectivity index (χ2v) is 7.71. The van der Waals surface area contributed by atoms with Gasteiger partial charge in [-0.2, -0.15) is 0 Å². The van der Waals surface area contributed by atoms with E-state index < -0.39 is 0 Å². The van der Waals surface area contributed by atoms with Crippen molar-refractivity contribution in [3.05, 3.63) is 71.1 Å². The van der Waals surface area contributed by atoms with E-state index in [-0.39, 0.29) is 12.2 Å². The summed E-state index contributed by atoms with van der Waals surface area (Å²) >= 11 is 0. The third-order valence-corrected chi connectivity index (χ3v) is 5.58. The van der Waals surface area contributed by atoms with Crippen molar-refractivity contribution in [2.24, 2.45) is 0 Å². The zero-order valence-corrected chi connectivity index (χ0v) is 17.1. The Morgan fingerprint density at radius 2 is 2.00 bits per heavy atom. The minimum Gasteiger partial charge on any atom is -0.384 e. The first kappa shape index (κ1) is 19.4. The Bertz CT molecular complexity index is 1150. The largest absolute Gasteiger partial charge is 0.384 e. The Balaban J connectivity index is 1.44. The first-order valence-electron chi connectivity index (χ1n) is 10.4. The lowest BCUT2D eigenvalue weighted by molar-refractivity contribution is 0.0992. The first-order valence-corrected chi connectivity index (χ1v) is 10.4. The van der Waals surface area contributed by atoms with E-state index in [1.165, 1.54) is 11.8 Å². The Kier molecular flexibility index (Phi) is 5.18. The molecule has 2 N–H and O–H groups in total. The van der Waals surface area contributed by atoms with Gasteiger partial charge in [0.05, 0.1) is 18.9 Å². The third-order valence-electron chi connectivity index (χ3n) is 5.58. The summed E-state index contributed by atoms with van der Waals surface area (Å²) in [7, 11) is 0. The lowest BCUT2D eigenvalue weighted by atomic mass is 10.0. The lowest BCUT2D eigenvalue weighted by Gasteiger charge is -2.29. The number of fused-ring (bicyclic) bond motifs is 1. The van der Waals surface area contributed by atoms with Crippen LogP contribution in [0, 0.1) is 0 Å². The SMILES string of the molecule is Nc1ccc(C(=O)Cc2cccc(-c3nc4c(c(N5CCOCC5)n3)CC=C4)c2)cn1. The topological polar surface area (TPSA) is 94.2 Å². The Labute approximate surface area is 180 Å². The molecule has 1 saturated heterocycles. The molecule has 0 saturated carbocycles. The van der Waals surface area contributed by atoms with Gasteiger partial charge in [-0.05, 0) is 36.3 Å². The van der Waals surface area contributed by atoms with Crippen molar-refractivity contribution >= 4 is 23.5 Å². The minimum absolute atomic E-state index is 0.00328. The van der Waals surface area contributed by atoms with Gasteiger partial charge in [0.25, 0.3) is 0 Å². The molecular weight excluding hydrogens is 390 g/mol. The number of ether oxygens (including phenoxy) is 1. The maximum atomic E-state index is 12.6. The molecule has 0 spiro atoms. The molecule has 0 bridgehead atoms. The van der Waals surface area contributed by atoms with E-state index >= 15 is 0 Å². The number of morpholine rings is 1. The van der Waals surface area contributed by atoms with Crippen molar-refractivity contribution in [1.82, 2.24) is 15.0 Å². The summed E-state index contributed by atoms with van der Waals surface area (Å²) in [5.74, 6) is 2.06. The second-order valence-electron chi connectivity index (χ2n) is 7.71. The second kappa shape index (κ2) is 8.28. The number of hydrogen-bond acceptors (Lipinski definition) is 7. The number of benzene rings is 1. The molecule has 0 unspecified atom stereocenters. The van der Waals surface area contributed by atoms with Gasteiger partial charge in [0.15, 0.2) is 11.6 Å². The molecule has 31 heavy (non-hydrogen) atoms. The molecule has 1 aromatic carbocycles. The van der Waals surface area contributed by atoms with Crippen LogP contribution in [0.3, 0.4) is 0 Å². The number of nitrogens with two attached hydrogens (primary N) is 1. The van der Waals surface area contributed by atoms with Crippen LogP contribution >= 0.6 is 0 Å². The van der Waals surface area contributed by atoms with Gasteiger partial charge >= 0.3 is 0 Å². The summed E-state index contributed by atoms with van der Waals surface area (Å²) in [6.07, 6.45) is 6.84. The zero-order chi connectivity index (χ0) is 21.2. The fourth-order valence-corrected chi connectivity index (χ4v) is 3.95. The average molecular weight is 413 g/mol. The first-order chi connectivity index (χ1) is 15.2. The summed E-state index contributed by atoms with van der Waals surface area (Å²) < 4.78 is 5.51. The standard InChI is InChI=1S/C24H23N5O2/c25-22-8-7-18(15-26-22)21(30)14-16-3-1-4-17(13-16)23-27-20-6-2-5-19(20)24(28-23)29-9-11-31-12-10-29/h1-4,6-8,13,15H,5,9-12,14H2,(H2,25,26). The summed E-state index contributed by atoms with van der Waals surface area (Å²) in [5.41, 5.74) is 10.1. The van der Waals surface area contributed by atoms with Crippen molar-refractivity contribution in [3.8, 4) is 11.4 Å². The molecule has 7 nitrogen and oxygen atoms in total. The summed E-state index contributed by atoms with van der Waals surface area (Å²) in [6.45, 7) is 3.07. The number of aromatic nitrogens is 3. The molecule has 1 aliphatic carbocycles. The van der Waals surface area contributed by atoms with E-state index in [4.69, 9.17) is 20.4 Å². The number of pyridine rings is 1. The molecule has 1 aliphatic heterocycles. The number of nitrogen functional groups attached to an aromatic ring is 1. The number of ketones is 1. The van der Waals surface area contributed by atoms with Crippen LogP contribution < -0.4 is 10.6 Å². The average Bonchev–Trinajstić information content (AvgIpc) is 3.28. The number of hydrogen-bond donors (Lipinski definition) is 1. The highest BCUT2D eigenvalue weighted by molar-refractivity contribution is 5.97. The number of allylic oxidation sites excluding steroid dienone is 1. The van der Waals surface area contributed by atoms with Gasteiger partial charge in [-0.1, -0.05) is 24.3 Å². The maximum absolute atomic E-state index is 12.6. The lowest BCUT2D eigenvalue weighted by Crippen LogP contribution is -2.37. The van der Waals surface area contributed by atoms with Crippen molar-refractivity contribution in [2.45, 2.75) is 12.8 Å². The van der Waals surface area contributed by atoms with Crippen LogP contribution in [0.2, 0.25) is 0 Å². The molecule has 7 heteroatoms. The van der Waals surface area contributed by atoms with Crippen LogP contribution in [0.4, 0.5) is 11.6 Å². The Morgan fingerprint density at radius 3 is 2.81 bits per heavy atom. The molecule has 0 radical (unpaired) electrons. The quantitative estimate of drug-likeness (QED) is 0.643. The molecule has 0 amide bonds. The number of carbonyl (C=O) groups is 1. The van der Waals surface area contributed by atoms with E-state index in [1.54, 1.807) is 12.1 Å². The van der Waals surface area contributed by atoms with Gasteiger partial charge in [0.1, 0.15) is 11.6 Å². The molecule has 156 valence electrons. The summed E-state index contributed by atoms with van der Waals surface area (Å²) in [5, 5.41) is 0. The molecule has 3 aromatic rings. The van der Waals surface area contributed by atoms with Gasteiger partial charge in [-0.3, -0.25) is 4.79 Å². The Hall–Kier alpha value is -3.58. The number of nitrogens with zero attached hydrogens (tertiary/aromatic N) is 4. The number of carbonyl (C=O) groups excluding carboxylic acids is 1. The Morgan fingerprint density at radius 1 is 1.13 bits per heavy atom. The highest BCUT2D eigenvalue weighted by Crippen LogP contribution is 2.31. The van der Waals surface area contributed by atoms with Crippen LogP contribution in [0.15, 0.2) is 48.7 Å². The molecule has 5 rings (SSSR count). The van der Waals surface area contributed by atoms with E-state index in [0.29, 0.717) is 30.4 Å². The number of Topliss-reactive ketones (excluding diaryl/α,β-unsaturated/α-hetero) is 1. The fraction of sp³-hybridized carbons (Fsp3) is 0.250. The number of anilines is 2. The summed E-state index contributed by atoms with van der Waals surface area (Å²) in [4.78, 5) is 28.7. The number of rotatable bonds is 5. The van der Waals surface area contributed by atoms with Gasteiger partial charge in [-0.15, -0.1) is 0 Å². The minimum atomic E-state index is -0.00328. The van der Waals surface area contributed by atoms with E-state index in [9.17, 15) is 4.79 Å². The summed E-state index contributed by atoms with van der Waals surface area (Å²) in [6, 6.07) is 11.2. The van der Waals surface area contributed by atoms with Crippen LogP contribution in [0.25, 0.3) is 17.5 Å². The smallest absolute Gasteiger partial charge is 0.168 e. The van der Waals surface area contributed by atoms with Crippen molar-refractivity contribution in [1.29, 1.82) is 0 Å². The third kappa shape index (κ3) is 4.04. The van der Waals surface area contributed by atoms with Gasteiger partial charge < -0.3 is 15.4 Å². The van der Waals surface area contributed by atoms with Crippen LogP contribution in [0.5, 0.6) is 0 Å². The van der Waals surface area contributed by atoms with E-state index in [2.05, 4.69) is 22.0 Å². The van der Waals surface area contributed by atoms with Crippen LogP contribution in [-0.4, -0.2) is 47.0 Å². The zero-order valence-electron chi connectivity index (χ0n) is 17.1. The molecular formula is C24H23N5O2. The van der Waals surface area contributed by atoms with E-state index in [1.807, 2.05) is 24.3 Å². The van der Waals surface area contributed by atoms with Gasteiger partial charge in [-0.25, -0.2) is 15.0 Å².